The first-order chi connectivity index (χ1) is 6.77. The van der Waals surface area contributed by atoms with E-state index in [9.17, 15) is 4.39 Å². The second-order valence-electron chi connectivity index (χ2n) is 3.74. The Morgan fingerprint density at radius 3 is 2.86 bits per heavy atom. The predicted octanol–water partition coefficient (Wildman–Crippen LogP) is 2.21. The van der Waals surface area contributed by atoms with Gasteiger partial charge in [-0.05, 0) is 25.0 Å². The first-order valence-electron chi connectivity index (χ1n) is 5.01. The first kappa shape index (κ1) is 9.31. The second kappa shape index (κ2) is 3.86. The zero-order chi connectivity index (χ0) is 9.97. The molecule has 1 aliphatic heterocycles. The molecule has 1 aliphatic rings. The van der Waals surface area contributed by atoms with Gasteiger partial charge in [0, 0.05) is 13.1 Å². The van der Waals surface area contributed by atoms with E-state index in [1.807, 2.05) is 29.2 Å². The normalized spacial score (nSPS) is 22.4. The van der Waals surface area contributed by atoms with Crippen molar-refractivity contribution in [1.29, 1.82) is 0 Å². The maximum Gasteiger partial charge on any atom is 0.118 e. The second-order valence-corrected chi connectivity index (χ2v) is 3.74. The van der Waals surface area contributed by atoms with Gasteiger partial charge in [-0.25, -0.2) is 4.39 Å². The molecule has 1 atom stereocenters. The van der Waals surface area contributed by atoms with Gasteiger partial charge < -0.3 is 10.6 Å². The number of alkyl halides is 1. The minimum atomic E-state index is -0.705. The van der Waals surface area contributed by atoms with Crippen molar-refractivity contribution in [2.45, 2.75) is 19.0 Å². The summed E-state index contributed by atoms with van der Waals surface area (Å²) >= 11 is 0. The van der Waals surface area contributed by atoms with E-state index in [1.165, 1.54) is 0 Å². The fraction of sp³-hybridized carbons (Fsp3) is 0.455. The summed E-state index contributed by atoms with van der Waals surface area (Å²) in [6, 6.07) is 7.65. The lowest BCUT2D eigenvalue weighted by Crippen LogP contribution is -2.36. The van der Waals surface area contributed by atoms with Crippen LogP contribution in [-0.4, -0.2) is 19.3 Å². The van der Waals surface area contributed by atoms with Crippen molar-refractivity contribution in [2.75, 3.05) is 23.7 Å². The summed E-state index contributed by atoms with van der Waals surface area (Å²) in [5, 5.41) is 0. The average molecular weight is 194 g/mol. The number of anilines is 2. The maximum atomic E-state index is 13.2. The van der Waals surface area contributed by atoms with Crippen molar-refractivity contribution in [3.05, 3.63) is 24.3 Å². The number of benzene rings is 1. The molecule has 2 N–H and O–H groups in total. The summed E-state index contributed by atoms with van der Waals surface area (Å²) in [7, 11) is 0. The molecule has 1 aromatic rings. The van der Waals surface area contributed by atoms with Gasteiger partial charge in [-0.3, -0.25) is 0 Å². The molecule has 3 heteroatoms. The van der Waals surface area contributed by atoms with Gasteiger partial charge in [0.2, 0.25) is 0 Å². The molecule has 0 aliphatic carbocycles. The number of piperidine rings is 1. The van der Waals surface area contributed by atoms with Crippen LogP contribution in [0.15, 0.2) is 24.3 Å². The Kier molecular flexibility index (Phi) is 2.57. The van der Waals surface area contributed by atoms with Crippen LogP contribution < -0.4 is 10.6 Å². The number of nitrogens with zero attached hydrogens (tertiary/aromatic N) is 1. The van der Waals surface area contributed by atoms with E-state index in [2.05, 4.69) is 0 Å². The third-order valence-electron chi connectivity index (χ3n) is 2.64. The molecule has 1 fully saturated rings. The zero-order valence-corrected chi connectivity index (χ0v) is 8.12. The molecule has 76 valence electrons. The van der Waals surface area contributed by atoms with Crippen LogP contribution in [0.2, 0.25) is 0 Å². The molecule has 2 nitrogen and oxygen atoms in total. The maximum absolute atomic E-state index is 13.2. The largest absolute Gasteiger partial charge is 0.397 e. The summed E-state index contributed by atoms with van der Waals surface area (Å²) in [6.45, 7) is 1.39. The first-order valence-corrected chi connectivity index (χ1v) is 5.01. The van der Waals surface area contributed by atoms with Gasteiger partial charge in [-0.15, -0.1) is 0 Å². The van der Waals surface area contributed by atoms with Crippen LogP contribution in [0.1, 0.15) is 12.8 Å². The number of para-hydroxylation sites is 2. The molecule has 14 heavy (non-hydrogen) atoms. The minimum absolute atomic E-state index is 0.480. The van der Waals surface area contributed by atoms with Crippen LogP contribution in [0, 0.1) is 0 Å². The number of nitrogens with two attached hydrogens (primary N) is 1. The van der Waals surface area contributed by atoms with Gasteiger partial charge in [-0.2, -0.15) is 0 Å². The number of hydrogen-bond acceptors (Lipinski definition) is 2. The molecular weight excluding hydrogens is 179 g/mol. The molecule has 1 saturated heterocycles. The van der Waals surface area contributed by atoms with Crippen molar-refractivity contribution in [3.63, 3.8) is 0 Å². The fourth-order valence-corrected chi connectivity index (χ4v) is 1.92. The highest BCUT2D eigenvalue weighted by Gasteiger charge is 2.20. The Hall–Kier alpha value is -1.25. The van der Waals surface area contributed by atoms with E-state index < -0.39 is 6.17 Å². The number of halogens is 1. The molecule has 2 rings (SSSR count). The van der Waals surface area contributed by atoms with Gasteiger partial charge >= 0.3 is 0 Å². The molecule has 0 saturated carbocycles. The Bertz CT molecular complexity index is 314. The van der Waals surface area contributed by atoms with Crippen LogP contribution in [0.4, 0.5) is 15.8 Å². The predicted molar refractivity (Wildman–Crippen MR) is 57.2 cm³/mol. The molecular formula is C11H15FN2. The molecule has 0 radical (unpaired) electrons. The highest BCUT2D eigenvalue weighted by molar-refractivity contribution is 5.67. The van der Waals surface area contributed by atoms with E-state index in [4.69, 9.17) is 5.73 Å². The molecule has 1 aromatic carbocycles. The number of rotatable bonds is 1. The summed E-state index contributed by atoms with van der Waals surface area (Å²) < 4.78 is 13.2. The highest BCUT2D eigenvalue weighted by Crippen LogP contribution is 2.26. The van der Waals surface area contributed by atoms with Crippen molar-refractivity contribution in [1.82, 2.24) is 0 Å². The van der Waals surface area contributed by atoms with Crippen LogP contribution in [0.25, 0.3) is 0 Å². The van der Waals surface area contributed by atoms with E-state index in [0.29, 0.717) is 13.0 Å². The summed E-state index contributed by atoms with van der Waals surface area (Å²) in [6.07, 6.45) is 0.891. The van der Waals surface area contributed by atoms with Crippen molar-refractivity contribution >= 4 is 11.4 Å². The van der Waals surface area contributed by atoms with E-state index in [1.54, 1.807) is 0 Å². The summed E-state index contributed by atoms with van der Waals surface area (Å²) in [5.74, 6) is 0. The molecule has 0 aromatic heterocycles. The Morgan fingerprint density at radius 2 is 2.14 bits per heavy atom. The van der Waals surface area contributed by atoms with E-state index in [0.717, 1.165) is 24.3 Å². The molecule has 1 heterocycles. The van der Waals surface area contributed by atoms with Crippen LogP contribution in [-0.2, 0) is 0 Å². The van der Waals surface area contributed by atoms with Gasteiger partial charge in [0.1, 0.15) is 6.17 Å². The summed E-state index contributed by atoms with van der Waals surface area (Å²) in [4.78, 5) is 2.03. The smallest absolute Gasteiger partial charge is 0.118 e. The summed E-state index contributed by atoms with van der Waals surface area (Å²) in [5.41, 5.74) is 7.54. The monoisotopic (exact) mass is 194 g/mol. The van der Waals surface area contributed by atoms with Gasteiger partial charge in [0.15, 0.2) is 0 Å². The lowest BCUT2D eigenvalue weighted by atomic mass is 10.1. The number of nitrogen functional groups attached to an aromatic ring is 1. The van der Waals surface area contributed by atoms with Crippen molar-refractivity contribution < 1.29 is 4.39 Å². The Labute approximate surface area is 83.5 Å². The highest BCUT2D eigenvalue weighted by atomic mass is 19.1. The molecule has 0 unspecified atom stereocenters. The zero-order valence-electron chi connectivity index (χ0n) is 8.12. The SMILES string of the molecule is Nc1ccccc1N1CCC[C@H](F)C1. The topological polar surface area (TPSA) is 29.3 Å². The molecule has 0 spiro atoms. The Morgan fingerprint density at radius 1 is 1.36 bits per heavy atom. The number of hydrogen-bond donors (Lipinski definition) is 1. The van der Waals surface area contributed by atoms with Crippen LogP contribution in [0.5, 0.6) is 0 Å². The van der Waals surface area contributed by atoms with Crippen LogP contribution in [0.3, 0.4) is 0 Å². The lowest BCUT2D eigenvalue weighted by Gasteiger charge is -2.31. The quantitative estimate of drug-likeness (QED) is 0.694. The van der Waals surface area contributed by atoms with Gasteiger partial charge in [0.05, 0.1) is 11.4 Å². The van der Waals surface area contributed by atoms with Crippen molar-refractivity contribution in [3.8, 4) is 0 Å². The van der Waals surface area contributed by atoms with Gasteiger partial charge in [0.25, 0.3) is 0 Å². The fourth-order valence-electron chi connectivity index (χ4n) is 1.92. The van der Waals surface area contributed by atoms with E-state index >= 15 is 0 Å². The standard InChI is InChI=1S/C11H15FN2/c12-9-4-3-7-14(8-9)11-6-2-1-5-10(11)13/h1-2,5-6,9H,3-4,7-8,13H2/t9-/m0/s1. The minimum Gasteiger partial charge on any atom is -0.397 e. The third-order valence-corrected chi connectivity index (χ3v) is 2.64. The van der Waals surface area contributed by atoms with E-state index in [-0.39, 0.29) is 0 Å². The third kappa shape index (κ3) is 1.81. The molecule has 0 amide bonds. The average Bonchev–Trinajstić information content (AvgIpc) is 2.18. The molecule has 0 bridgehead atoms. The van der Waals surface area contributed by atoms with Crippen molar-refractivity contribution in [2.24, 2.45) is 0 Å². The van der Waals surface area contributed by atoms with Gasteiger partial charge in [-0.1, -0.05) is 12.1 Å². The lowest BCUT2D eigenvalue weighted by molar-refractivity contribution is 0.287. The van der Waals surface area contributed by atoms with Crippen LogP contribution >= 0.6 is 0 Å². The Balaban J connectivity index is 2.18.